The fourth-order valence-corrected chi connectivity index (χ4v) is 3.50. The molecule has 0 aliphatic carbocycles. The van der Waals surface area contributed by atoms with Crippen molar-refractivity contribution in [3.63, 3.8) is 0 Å². The van der Waals surface area contributed by atoms with E-state index in [1.54, 1.807) is 30.1 Å². The van der Waals surface area contributed by atoms with Gasteiger partial charge in [-0.15, -0.1) is 11.8 Å². The summed E-state index contributed by atoms with van der Waals surface area (Å²) >= 11 is 4.61. The van der Waals surface area contributed by atoms with Crippen molar-refractivity contribution in [2.24, 2.45) is 0 Å². The molecular weight excluding hydrogens is 466 g/mol. The van der Waals surface area contributed by atoms with Crippen molar-refractivity contribution in [1.29, 1.82) is 0 Å². The maximum Gasteiger partial charge on any atom is 0.253 e. The molecule has 3 amide bonds. The Morgan fingerprint density at radius 2 is 1.70 bits per heavy atom. The van der Waals surface area contributed by atoms with Gasteiger partial charge in [0.2, 0.25) is 11.8 Å². The second-order valence-electron chi connectivity index (χ2n) is 7.03. The first-order valence-electron chi connectivity index (χ1n) is 9.52. The van der Waals surface area contributed by atoms with Crippen LogP contribution in [0.15, 0.2) is 53.0 Å². The van der Waals surface area contributed by atoms with E-state index in [1.807, 2.05) is 44.2 Å². The minimum Gasteiger partial charge on any atom is -0.351 e. The molecule has 0 atom stereocenters. The van der Waals surface area contributed by atoms with Gasteiger partial charge in [-0.25, -0.2) is 0 Å². The Hall–Kier alpha value is -2.32. The van der Waals surface area contributed by atoms with Gasteiger partial charge in [0.25, 0.3) is 5.91 Å². The van der Waals surface area contributed by atoms with E-state index in [2.05, 4.69) is 26.6 Å². The van der Waals surface area contributed by atoms with Gasteiger partial charge < -0.3 is 15.5 Å². The number of rotatable bonds is 9. The lowest BCUT2D eigenvalue weighted by Crippen LogP contribution is -2.33. The maximum atomic E-state index is 12.3. The molecule has 0 spiro atoms. The summed E-state index contributed by atoms with van der Waals surface area (Å²) in [5.74, 6) is 0.0625. The quantitative estimate of drug-likeness (QED) is 0.557. The van der Waals surface area contributed by atoms with E-state index in [4.69, 9.17) is 0 Å². The molecule has 8 heteroatoms. The second kappa shape index (κ2) is 11.8. The van der Waals surface area contributed by atoms with Crippen molar-refractivity contribution in [2.75, 3.05) is 23.9 Å². The van der Waals surface area contributed by atoms with Crippen LogP contribution in [0, 0.1) is 0 Å². The van der Waals surface area contributed by atoms with E-state index in [0.29, 0.717) is 17.8 Å². The van der Waals surface area contributed by atoms with E-state index < -0.39 is 0 Å². The second-order valence-corrected chi connectivity index (χ2v) is 8.94. The van der Waals surface area contributed by atoms with Crippen LogP contribution in [-0.4, -0.2) is 47.2 Å². The molecule has 160 valence electrons. The van der Waals surface area contributed by atoms with Crippen LogP contribution < -0.4 is 10.6 Å². The van der Waals surface area contributed by atoms with Crippen LogP contribution in [0.5, 0.6) is 0 Å². The summed E-state index contributed by atoms with van der Waals surface area (Å²) in [5.41, 5.74) is 2.23. The average molecular weight is 492 g/mol. The van der Waals surface area contributed by atoms with Crippen molar-refractivity contribution in [3.8, 4) is 0 Å². The fourth-order valence-electron chi connectivity index (χ4n) is 2.45. The number of nitrogens with one attached hydrogen (secondary N) is 2. The first-order valence-corrected chi connectivity index (χ1v) is 11.5. The first-order chi connectivity index (χ1) is 14.3. The third-order valence-corrected chi connectivity index (χ3v) is 5.79. The minimum atomic E-state index is -0.155. The summed E-state index contributed by atoms with van der Waals surface area (Å²) in [6.07, 6.45) is 0. The van der Waals surface area contributed by atoms with Crippen molar-refractivity contribution in [2.45, 2.75) is 26.4 Å². The van der Waals surface area contributed by atoms with E-state index in [1.165, 1.54) is 11.8 Å². The Bertz CT molecular complexity index is 887. The predicted octanol–water partition coefficient (Wildman–Crippen LogP) is 3.92. The number of carbonyl (C=O) groups is 3. The number of carbonyl (C=O) groups excluding carboxylic acids is 3. The van der Waals surface area contributed by atoms with Crippen molar-refractivity contribution >= 4 is 51.1 Å². The van der Waals surface area contributed by atoms with Gasteiger partial charge >= 0.3 is 0 Å². The molecule has 2 N–H and O–H groups in total. The Morgan fingerprint density at radius 3 is 2.33 bits per heavy atom. The van der Waals surface area contributed by atoms with Gasteiger partial charge in [-0.2, -0.15) is 0 Å². The third kappa shape index (κ3) is 7.84. The molecular formula is C22H26BrN3O3S. The zero-order chi connectivity index (χ0) is 22.1. The number of anilines is 1. The molecule has 0 saturated heterocycles. The molecule has 0 saturated carbocycles. The number of benzene rings is 2. The Kier molecular flexibility index (Phi) is 9.39. The topological polar surface area (TPSA) is 78.5 Å². The van der Waals surface area contributed by atoms with Crippen LogP contribution in [0.2, 0.25) is 0 Å². The Labute approximate surface area is 189 Å². The molecule has 6 nitrogen and oxygen atoms in total. The largest absolute Gasteiger partial charge is 0.351 e. The van der Waals surface area contributed by atoms with Crippen LogP contribution in [0.4, 0.5) is 5.69 Å². The van der Waals surface area contributed by atoms with Crippen molar-refractivity contribution < 1.29 is 14.4 Å². The standard InChI is InChI=1S/C22H26BrN3O3S/c1-15(2)26(3)22(29)17-9-7-16(8-10-17)12-24-20(27)13-30-14-21(28)25-19-6-4-5-18(23)11-19/h4-11,15H,12-14H2,1-3H3,(H,24,27)(H,25,28). The first kappa shape index (κ1) is 24.0. The van der Waals surface area contributed by atoms with E-state index in [0.717, 1.165) is 10.0 Å². The van der Waals surface area contributed by atoms with Crippen LogP contribution in [0.3, 0.4) is 0 Å². The molecule has 0 aromatic heterocycles. The monoisotopic (exact) mass is 491 g/mol. The predicted molar refractivity (Wildman–Crippen MR) is 126 cm³/mol. The molecule has 0 unspecified atom stereocenters. The molecule has 0 aliphatic heterocycles. The van der Waals surface area contributed by atoms with E-state index >= 15 is 0 Å². The normalized spacial score (nSPS) is 10.6. The summed E-state index contributed by atoms with van der Waals surface area (Å²) < 4.78 is 0.886. The van der Waals surface area contributed by atoms with Gasteiger partial charge in [0.1, 0.15) is 0 Å². The highest BCUT2D eigenvalue weighted by molar-refractivity contribution is 9.10. The molecule has 0 fully saturated rings. The van der Waals surface area contributed by atoms with Gasteiger partial charge in [0.05, 0.1) is 11.5 Å². The molecule has 0 bridgehead atoms. The zero-order valence-electron chi connectivity index (χ0n) is 17.3. The van der Waals surface area contributed by atoms with Gasteiger partial charge in [0, 0.05) is 35.4 Å². The number of nitrogens with zero attached hydrogens (tertiary/aromatic N) is 1. The lowest BCUT2D eigenvalue weighted by molar-refractivity contribution is -0.118. The number of amides is 3. The van der Waals surface area contributed by atoms with E-state index in [9.17, 15) is 14.4 Å². The lowest BCUT2D eigenvalue weighted by Gasteiger charge is -2.21. The molecule has 2 aromatic rings. The summed E-state index contributed by atoms with van der Waals surface area (Å²) in [6, 6.07) is 14.7. The summed E-state index contributed by atoms with van der Waals surface area (Å²) in [7, 11) is 1.78. The van der Waals surface area contributed by atoms with Gasteiger partial charge in [0.15, 0.2) is 0 Å². The maximum absolute atomic E-state index is 12.3. The third-order valence-electron chi connectivity index (χ3n) is 4.36. The van der Waals surface area contributed by atoms with Crippen LogP contribution in [0.25, 0.3) is 0 Å². The van der Waals surface area contributed by atoms with Crippen LogP contribution >= 0.6 is 27.7 Å². The van der Waals surface area contributed by atoms with E-state index in [-0.39, 0.29) is 35.3 Å². The van der Waals surface area contributed by atoms with Gasteiger partial charge in [-0.1, -0.05) is 34.1 Å². The summed E-state index contributed by atoms with van der Waals surface area (Å²) in [5, 5.41) is 5.62. The number of hydrogen-bond acceptors (Lipinski definition) is 4. The highest BCUT2D eigenvalue weighted by Crippen LogP contribution is 2.16. The Balaban J connectivity index is 1.70. The van der Waals surface area contributed by atoms with Gasteiger partial charge in [-0.3, -0.25) is 14.4 Å². The van der Waals surface area contributed by atoms with Crippen molar-refractivity contribution in [3.05, 3.63) is 64.1 Å². The van der Waals surface area contributed by atoms with Crippen molar-refractivity contribution in [1.82, 2.24) is 10.2 Å². The van der Waals surface area contributed by atoms with Crippen LogP contribution in [0.1, 0.15) is 29.8 Å². The molecule has 2 aromatic carbocycles. The molecule has 30 heavy (non-hydrogen) atoms. The smallest absolute Gasteiger partial charge is 0.253 e. The minimum absolute atomic E-state index is 0.0295. The number of halogens is 1. The summed E-state index contributed by atoms with van der Waals surface area (Å²) in [6.45, 7) is 4.30. The molecule has 0 aliphatic rings. The Morgan fingerprint density at radius 1 is 1.03 bits per heavy atom. The lowest BCUT2D eigenvalue weighted by atomic mass is 10.1. The molecule has 0 heterocycles. The average Bonchev–Trinajstić information content (AvgIpc) is 2.71. The fraction of sp³-hybridized carbons (Fsp3) is 0.318. The SMILES string of the molecule is CC(C)N(C)C(=O)c1ccc(CNC(=O)CSCC(=O)Nc2cccc(Br)c2)cc1. The number of thioether (sulfide) groups is 1. The highest BCUT2D eigenvalue weighted by Gasteiger charge is 2.14. The van der Waals surface area contributed by atoms with Gasteiger partial charge in [-0.05, 0) is 49.7 Å². The molecule has 2 rings (SSSR count). The highest BCUT2D eigenvalue weighted by atomic mass is 79.9. The zero-order valence-corrected chi connectivity index (χ0v) is 19.7. The van der Waals surface area contributed by atoms with Crippen LogP contribution in [-0.2, 0) is 16.1 Å². The molecule has 0 radical (unpaired) electrons. The summed E-state index contributed by atoms with van der Waals surface area (Å²) in [4.78, 5) is 37.9. The number of hydrogen-bond donors (Lipinski definition) is 2.